The number of hydrogen-bond acceptors (Lipinski definition) is 6. The van der Waals surface area contributed by atoms with E-state index in [1.165, 1.54) is 29.5 Å². The summed E-state index contributed by atoms with van der Waals surface area (Å²) in [6.07, 6.45) is 12.3. The van der Waals surface area contributed by atoms with Crippen molar-refractivity contribution in [2.24, 2.45) is 0 Å². The van der Waals surface area contributed by atoms with E-state index in [1.54, 1.807) is 29.2 Å². The molecule has 5 rings (SSSR count). The molecule has 1 aliphatic rings. The summed E-state index contributed by atoms with van der Waals surface area (Å²) in [6, 6.07) is 6.32. The van der Waals surface area contributed by atoms with Gasteiger partial charge in [-0.3, -0.25) is 4.98 Å². The number of pyridine rings is 1. The van der Waals surface area contributed by atoms with Gasteiger partial charge in [0.1, 0.15) is 11.6 Å². The van der Waals surface area contributed by atoms with Crippen molar-refractivity contribution in [3.05, 3.63) is 71.8 Å². The molecule has 0 radical (unpaired) electrons. The van der Waals surface area contributed by atoms with Gasteiger partial charge in [-0.2, -0.15) is 5.10 Å². The maximum Gasteiger partial charge on any atom is 0.255 e. The van der Waals surface area contributed by atoms with Crippen LogP contribution in [0.3, 0.4) is 0 Å². The molecule has 1 aliphatic carbocycles. The highest BCUT2D eigenvalue weighted by Crippen LogP contribution is 2.39. The van der Waals surface area contributed by atoms with Crippen molar-refractivity contribution in [1.82, 2.24) is 25.1 Å². The molecule has 4 aromatic rings. The van der Waals surface area contributed by atoms with E-state index in [4.69, 9.17) is 4.42 Å². The fourth-order valence-corrected chi connectivity index (χ4v) is 4.02. The number of nitrogens with one attached hydrogen (secondary N) is 1. The Balaban J connectivity index is 1.54. The average molecular weight is 436 g/mol. The molecule has 1 fully saturated rings. The van der Waals surface area contributed by atoms with Crippen molar-refractivity contribution in [1.29, 1.82) is 0 Å². The number of oxazole rings is 1. The Bertz CT molecular complexity index is 1250. The van der Waals surface area contributed by atoms with Crippen LogP contribution in [0.5, 0.6) is 0 Å². The monoisotopic (exact) mass is 435 g/mol. The number of nitrogens with zero attached hydrogens (tertiary/aromatic N) is 4. The Morgan fingerprint density at radius 3 is 2.68 bits per heavy atom. The van der Waals surface area contributed by atoms with Crippen molar-refractivity contribution in [3.63, 3.8) is 0 Å². The molecule has 1 saturated carbocycles. The van der Waals surface area contributed by atoms with Gasteiger partial charge >= 0.3 is 0 Å². The Hall–Kier alpha value is -3.13. The van der Waals surface area contributed by atoms with Crippen LogP contribution in [0.4, 0.5) is 4.39 Å². The summed E-state index contributed by atoms with van der Waals surface area (Å²) >= 11 is 1.49. The second kappa shape index (κ2) is 8.19. The molecular weight excluding hydrogens is 413 g/mol. The maximum absolute atomic E-state index is 13.4. The van der Waals surface area contributed by atoms with Gasteiger partial charge in [-0.1, -0.05) is 18.7 Å². The van der Waals surface area contributed by atoms with Gasteiger partial charge in [0.2, 0.25) is 0 Å². The zero-order valence-electron chi connectivity index (χ0n) is 17.3. The molecule has 6 nitrogen and oxygen atoms in total. The van der Waals surface area contributed by atoms with E-state index in [1.807, 2.05) is 18.6 Å². The summed E-state index contributed by atoms with van der Waals surface area (Å²) in [5, 5.41) is 9.92. The minimum Gasteiger partial charge on any atom is -0.434 e. The predicted octanol–water partition coefficient (Wildman–Crippen LogP) is 5.52. The zero-order chi connectivity index (χ0) is 21.4. The highest BCUT2D eigenvalue weighted by molar-refractivity contribution is 7.98. The summed E-state index contributed by atoms with van der Waals surface area (Å²) in [4.78, 5) is 8.82. The Morgan fingerprint density at radius 1 is 1.19 bits per heavy atom. The number of rotatable bonds is 7. The molecule has 0 saturated heterocycles. The Labute approximate surface area is 183 Å². The molecular formula is C23H22FN5OS. The summed E-state index contributed by atoms with van der Waals surface area (Å²) in [6.45, 7) is 2.12. The third-order valence-electron chi connectivity index (χ3n) is 5.44. The van der Waals surface area contributed by atoms with Crippen LogP contribution in [0.1, 0.15) is 43.6 Å². The van der Waals surface area contributed by atoms with E-state index in [9.17, 15) is 4.39 Å². The van der Waals surface area contributed by atoms with Gasteiger partial charge in [-0.15, -0.1) is 0 Å². The van der Waals surface area contributed by atoms with Gasteiger partial charge in [-0.05, 0) is 55.4 Å². The number of allylic oxidation sites excluding steroid dienone is 1. The van der Waals surface area contributed by atoms with Gasteiger partial charge in [0, 0.05) is 22.8 Å². The van der Waals surface area contributed by atoms with Crippen LogP contribution in [0.25, 0.3) is 22.3 Å². The van der Waals surface area contributed by atoms with E-state index in [0.717, 1.165) is 52.9 Å². The maximum atomic E-state index is 13.4. The smallest absolute Gasteiger partial charge is 0.255 e. The van der Waals surface area contributed by atoms with Crippen LogP contribution in [0.2, 0.25) is 0 Å². The summed E-state index contributed by atoms with van der Waals surface area (Å²) < 4.78 is 21.0. The molecule has 31 heavy (non-hydrogen) atoms. The molecule has 0 spiro atoms. The molecule has 3 heterocycles. The fourth-order valence-electron chi connectivity index (χ4n) is 3.69. The number of thioether (sulfide) groups is 1. The normalized spacial score (nSPS) is 14.1. The molecule has 1 atom stereocenters. The first kappa shape index (κ1) is 19.8. The van der Waals surface area contributed by atoms with Crippen LogP contribution in [0, 0.1) is 5.82 Å². The van der Waals surface area contributed by atoms with E-state index in [2.05, 4.69) is 27.3 Å². The fraction of sp³-hybridized carbons (Fsp3) is 0.261. The summed E-state index contributed by atoms with van der Waals surface area (Å²) in [7, 11) is 0. The van der Waals surface area contributed by atoms with Crippen LogP contribution >= 0.6 is 11.8 Å². The van der Waals surface area contributed by atoms with Crippen molar-refractivity contribution in [3.8, 4) is 5.69 Å². The molecule has 3 aromatic heterocycles. The van der Waals surface area contributed by atoms with Crippen molar-refractivity contribution < 1.29 is 8.81 Å². The summed E-state index contributed by atoms with van der Waals surface area (Å²) in [5.74, 6) is 0.555. The Kier molecular flexibility index (Phi) is 5.23. The van der Waals surface area contributed by atoms with Crippen molar-refractivity contribution in [2.45, 2.75) is 37.5 Å². The predicted molar refractivity (Wildman–Crippen MR) is 119 cm³/mol. The van der Waals surface area contributed by atoms with Crippen LogP contribution in [-0.2, 0) is 0 Å². The quantitative estimate of drug-likeness (QED) is 0.386. The van der Waals surface area contributed by atoms with Crippen LogP contribution < -0.4 is 5.32 Å². The second-order valence-corrected chi connectivity index (χ2v) is 8.23. The van der Waals surface area contributed by atoms with Gasteiger partial charge in [0.15, 0.2) is 0 Å². The van der Waals surface area contributed by atoms with Gasteiger partial charge in [0.25, 0.3) is 5.22 Å². The SMILES string of the molecule is CC[C@H](NC(=C1CC1)c1cncc2c1cnn2-c1ccc(F)cc1)c1cnc(SC)o1. The van der Waals surface area contributed by atoms with Crippen molar-refractivity contribution in [2.75, 3.05) is 6.26 Å². The third kappa shape index (κ3) is 3.83. The molecule has 0 unspecified atom stereocenters. The Morgan fingerprint density at radius 2 is 2.00 bits per heavy atom. The number of aromatic nitrogens is 4. The second-order valence-electron chi connectivity index (χ2n) is 7.47. The highest BCUT2D eigenvalue weighted by atomic mass is 32.2. The molecule has 0 amide bonds. The van der Waals surface area contributed by atoms with Crippen molar-refractivity contribution >= 4 is 28.4 Å². The highest BCUT2D eigenvalue weighted by Gasteiger charge is 2.25. The lowest BCUT2D eigenvalue weighted by molar-refractivity contribution is 0.375. The first-order chi connectivity index (χ1) is 15.2. The minimum atomic E-state index is -0.272. The number of halogens is 1. The first-order valence-electron chi connectivity index (χ1n) is 10.2. The molecule has 158 valence electrons. The van der Waals surface area contributed by atoms with E-state index < -0.39 is 0 Å². The summed E-state index contributed by atoms with van der Waals surface area (Å²) in [5.41, 5.74) is 5.14. The zero-order valence-corrected chi connectivity index (χ0v) is 18.1. The first-order valence-corrected chi connectivity index (χ1v) is 11.5. The van der Waals surface area contributed by atoms with Gasteiger partial charge in [-0.25, -0.2) is 14.1 Å². The standard InChI is InChI=1S/C23H22FN5OS/c1-3-19(21-13-26-23(30-21)31-2)28-22(14-4-5-14)18-10-25-12-20-17(18)11-27-29(20)16-8-6-15(24)7-9-16/h6-13,19,28H,3-5H2,1-2H3/t19-/m0/s1. The topological polar surface area (TPSA) is 68.8 Å². The van der Waals surface area contributed by atoms with E-state index in [0.29, 0.717) is 5.22 Å². The molecule has 0 aliphatic heterocycles. The van der Waals surface area contributed by atoms with E-state index in [-0.39, 0.29) is 11.9 Å². The lowest BCUT2D eigenvalue weighted by atomic mass is 10.1. The number of benzene rings is 1. The molecule has 1 aromatic carbocycles. The van der Waals surface area contributed by atoms with Crippen LogP contribution in [-0.4, -0.2) is 26.0 Å². The largest absolute Gasteiger partial charge is 0.434 e. The average Bonchev–Trinajstić information content (AvgIpc) is 3.36. The van der Waals surface area contributed by atoms with Gasteiger partial charge in [0.05, 0.1) is 35.8 Å². The number of hydrogen-bond donors (Lipinski definition) is 1. The lowest BCUT2D eigenvalue weighted by Crippen LogP contribution is -2.19. The van der Waals surface area contributed by atoms with E-state index >= 15 is 0 Å². The lowest BCUT2D eigenvalue weighted by Gasteiger charge is -2.19. The molecule has 0 bridgehead atoms. The minimum absolute atomic E-state index is 0.0129. The van der Waals surface area contributed by atoms with Crippen LogP contribution in [0.15, 0.2) is 64.3 Å². The van der Waals surface area contributed by atoms with Gasteiger partial charge < -0.3 is 9.73 Å². The third-order valence-corrected chi connectivity index (χ3v) is 5.98. The molecule has 1 N–H and O–H groups in total. The number of fused-ring (bicyclic) bond motifs is 1. The molecule has 8 heteroatoms.